The molecule has 0 aliphatic carbocycles. The van der Waals surface area contributed by atoms with Crippen LogP contribution in [0.25, 0.3) is 0 Å². The van der Waals surface area contributed by atoms with Crippen LogP contribution in [0.5, 0.6) is 0 Å². The summed E-state index contributed by atoms with van der Waals surface area (Å²) in [6.07, 6.45) is 0.326. The lowest BCUT2D eigenvalue weighted by Gasteiger charge is -2.22. The maximum Gasteiger partial charge on any atom is 0.407 e. The molecule has 6 heteroatoms. The van der Waals surface area contributed by atoms with Gasteiger partial charge in [0.2, 0.25) is 0 Å². The Balaban J connectivity index is 4.56. The monoisotopic (exact) mass is 271 g/mol. The van der Waals surface area contributed by atoms with Gasteiger partial charge in [-0.2, -0.15) is 0 Å². The molecule has 0 aromatic rings. The summed E-state index contributed by atoms with van der Waals surface area (Å²) < 4.78 is 9.57. The number of nitrogens with one attached hydrogen (secondary N) is 1. The zero-order valence-electron chi connectivity index (χ0n) is 11.8. The number of esters is 1. The second-order valence-electron chi connectivity index (χ2n) is 5.00. The summed E-state index contributed by atoms with van der Waals surface area (Å²) in [5, 5.41) is 2.47. The number of hydrogen-bond acceptors (Lipinski definition) is 5. The fourth-order valence-corrected chi connectivity index (χ4v) is 1.26. The molecule has 0 aromatic carbocycles. The predicted octanol–water partition coefficient (Wildman–Crippen LogP) is 1.59. The number of carbonyl (C=O) groups excluding carboxylic acids is 3. The van der Waals surface area contributed by atoms with E-state index in [1.807, 2.05) is 0 Å². The number of alkyl carbamates (subject to hydrolysis) is 1. The summed E-state index contributed by atoms with van der Waals surface area (Å²) in [5.74, 6) is -0.789. The summed E-state index contributed by atoms with van der Waals surface area (Å²) in [6.45, 7) is 8.50. The number of ether oxygens (including phenoxy) is 2. The summed E-state index contributed by atoms with van der Waals surface area (Å²) in [5.41, 5.74) is -0.650. The van der Waals surface area contributed by atoms with Crippen molar-refractivity contribution in [3.63, 3.8) is 0 Å². The summed E-state index contributed by atoms with van der Waals surface area (Å²) in [7, 11) is 1.24. The maximum absolute atomic E-state index is 11.6. The van der Waals surface area contributed by atoms with Gasteiger partial charge in [-0.25, -0.2) is 4.79 Å². The summed E-state index contributed by atoms with van der Waals surface area (Å²) in [4.78, 5) is 34.1. The Morgan fingerprint density at radius 1 is 1.26 bits per heavy atom. The fourth-order valence-electron chi connectivity index (χ4n) is 1.26. The normalized spacial score (nSPS) is 12.2. The topological polar surface area (TPSA) is 81.7 Å². The van der Waals surface area contributed by atoms with Gasteiger partial charge in [0.25, 0.3) is 0 Å². The highest BCUT2D eigenvalue weighted by atomic mass is 16.6. The molecule has 0 aliphatic rings. The molecule has 6 nitrogen and oxygen atoms in total. The van der Waals surface area contributed by atoms with Gasteiger partial charge < -0.3 is 14.8 Å². The molecule has 0 saturated heterocycles. The zero-order valence-corrected chi connectivity index (χ0v) is 11.8. The minimum absolute atomic E-state index is 0.0299. The van der Waals surface area contributed by atoms with Crippen molar-refractivity contribution in [1.29, 1.82) is 0 Å². The molecule has 0 bridgehead atoms. The van der Waals surface area contributed by atoms with Crippen molar-refractivity contribution in [1.82, 2.24) is 5.32 Å². The van der Waals surface area contributed by atoms with Crippen LogP contribution in [-0.4, -0.2) is 36.6 Å². The van der Waals surface area contributed by atoms with Gasteiger partial charge in [-0.1, -0.05) is 6.58 Å². The van der Waals surface area contributed by atoms with E-state index in [1.165, 1.54) is 7.11 Å². The lowest BCUT2D eigenvalue weighted by Crippen LogP contribution is -2.41. The summed E-state index contributed by atoms with van der Waals surface area (Å²) in [6, 6.07) is -0.673. The van der Waals surface area contributed by atoms with Crippen LogP contribution >= 0.6 is 0 Å². The number of rotatable bonds is 6. The first-order valence-electron chi connectivity index (χ1n) is 5.89. The molecule has 0 fully saturated rings. The Morgan fingerprint density at radius 3 is 2.26 bits per heavy atom. The first-order valence-corrected chi connectivity index (χ1v) is 5.89. The highest BCUT2D eigenvalue weighted by Crippen LogP contribution is 2.08. The third-order valence-electron chi connectivity index (χ3n) is 2.04. The van der Waals surface area contributed by atoms with Gasteiger partial charge in [0.05, 0.1) is 13.5 Å². The van der Waals surface area contributed by atoms with Gasteiger partial charge in [-0.05, 0) is 26.8 Å². The van der Waals surface area contributed by atoms with Crippen LogP contribution in [0.15, 0.2) is 12.7 Å². The molecule has 0 radical (unpaired) electrons. The van der Waals surface area contributed by atoms with Crippen molar-refractivity contribution in [2.75, 3.05) is 7.11 Å². The van der Waals surface area contributed by atoms with Crippen molar-refractivity contribution < 1.29 is 23.9 Å². The number of allylic oxidation sites excluding steroid dienone is 1. The third-order valence-corrected chi connectivity index (χ3v) is 2.04. The first-order chi connectivity index (χ1) is 8.67. The van der Waals surface area contributed by atoms with Crippen molar-refractivity contribution in [3.05, 3.63) is 12.7 Å². The third kappa shape index (κ3) is 8.82. The van der Waals surface area contributed by atoms with E-state index in [0.717, 1.165) is 6.08 Å². The Morgan fingerprint density at radius 2 is 1.84 bits per heavy atom. The predicted molar refractivity (Wildman–Crippen MR) is 69.6 cm³/mol. The van der Waals surface area contributed by atoms with Crippen LogP contribution in [0.1, 0.15) is 33.6 Å². The molecular formula is C13H21NO5. The number of hydrogen-bond donors (Lipinski definition) is 1. The average molecular weight is 271 g/mol. The highest BCUT2D eigenvalue weighted by Gasteiger charge is 2.22. The largest absolute Gasteiger partial charge is 0.469 e. The second-order valence-corrected chi connectivity index (χ2v) is 5.00. The minimum atomic E-state index is -0.682. The smallest absolute Gasteiger partial charge is 0.407 e. The van der Waals surface area contributed by atoms with Gasteiger partial charge in [-0.15, -0.1) is 0 Å². The fraction of sp³-hybridized carbons (Fsp3) is 0.615. The van der Waals surface area contributed by atoms with Crippen LogP contribution < -0.4 is 5.32 Å². The Hall–Kier alpha value is -1.85. The maximum atomic E-state index is 11.6. The van der Waals surface area contributed by atoms with Crippen LogP contribution in [-0.2, 0) is 19.1 Å². The molecule has 1 N–H and O–H groups in total. The minimum Gasteiger partial charge on any atom is -0.469 e. The van der Waals surface area contributed by atoms with Crippen LogP contribution in [0.2, 0.25) is 0 Å². The molecule has 0 rings (SSSR count). The van der Waals surface area contributed by atoms with Crippen molar-refractivity contribution in [2.45, 2.75) is 45.3 Å². The molecule has 108 valence electrons. The lowest BCUT2D eigenvalue weighted by atomic mass is 10.1. The van der Waals surface area contributed by atoms with E-state index in [2.05, 4.69) is 16.6 Å². The standard InChI is InChI=1S/C13H21NO5/c1-6-10(15)7-9(8-11(16)18-5)14-12(17)19-13(2,3)4/h6,9H,1,7-8H2,2-5H3,(H,14,17)/t9-/m1/s1. The molecule has 0 spiro atoms. The average Bonchev–Trinajstić information content (AvgIpc) is 2.25. The van der Waals surface area contributed by atoms with Gasteiger partial charge in [-0.3, -0.25) is 9.59 Å². The highest BCUT2D eigenvalue weighted by molar-refractivity contribution is 5.90. The molecule has 1 atom stereocenters. The van der Waals surface area contributed by atoms with Crippen LogP contribution in [0, 0.1) is 0 Å². The quantitative estimate of drug-likeness (QED) is 0.586. The molecule has 0 saturated carbocycles. The Kier molecular flexibility index (Phi) is 6.82. The van der Waals surface area contributed by atoms with E-state index in [1.54, 1.807) is 20.8 Å². The SMILES string of the molecule is C=CC(=O)C[C@H](CC(=O)OC)NC(=O)OC(C)(C)C. The van der Waals surface area contributed by atoms with E-state index in [-0.39, 0.29) is 18.6 Å². The van der Waals surface area contributed by atoms with Crippen LogP contribution in [0.3, 0.4) is 0 Å². The number of methoxy groups -OCH3 is 1. The van der Waals surface area contributed by atoms with E-state index < -0.39 is 23.7 Å². The van der Waals surface area contributed by atoms with E-state index >= 15 is 0 Å². The van der Waals surface area contributed by atoms with Gasteiger partial charge >= 0.3 is 12.1 Å². The summed E-state index contributed by atoms with van der Waals surface area (Å²) >= 11 is 0. The van der Waals surface area contributed by atoms with Crippen molar-refractivity contribution >= 4 is 17.8 Å². The molecule has 0 heterocycles. The van der Waals surface area contributed by atoms with Gasteiger partial charge in [0.15, 0.2) is 5.78 Å². The van der Waals surface area contributed by atoms with Crippen molar-refractivity contribution in [3.8, 4) is 0 Å². The second kappa shape index (κ2) is 7.56. The molecule has 0 aliphatic heterocycles. The van der Waals surface area contributed by atoms with Gasteiger partial charge in [0.1, 0.15) is 5.60 Å². The Labute approximate surface area is 113 Å². The van der Waals surface area contributed by atoms with Gasteiger partial charge in [0, 0.05) is 12.5 Å². The lowest BCUT2D eigenvalue weighted by molar-refractivity contribution is -0.141. The molecule has 19 heavy (non-hydrogen) atoms. The zero-order chi connectivity index (χ0) is 15.1. The van der Waals surface area contributed by atoms with E-state index in [4.69, 9.17) is 4.74 Å². The molecule has 0 aromatic heterocycles. The van der Waals surface area contributed by atoms with E-state index in [9.17, 15) is 14.4 Å². The Bertz CT molecular complexity index is 357. The van der Waals surface area contributed by atoms with E-state index in [0.29, 0.717) is 0 Å². The van der Waals surface area contributed by atoms with Crippen molar-refractivity contribution in [2.24, 2.45) is 0 Å². The number of amides is 1. The first kappa shape index (κ1) is 17.2. The number of ketones is 1. The van der Waals surface area contributed by atoms with Crippen LogP contribution in [0.4, 0.5) is 4.79 Å². The number of carbonyl (C=O) groups is 3. The molecule has 0 unspecified atom stereocenters. The molecule has 1 amide bonds. The molecular weight excluding hydrogens is 250 g/mol.